The van der Waals surface area contributed by atoms with E-state index in [-0.39, 0.29) is 11.3 Å². The Kier molecular flexibility index (Phi) is 5.48. The van der Waals surface area contributed by atoms with Gasteiger partial charge >= 0.3 is 0 Å². The highest BCUT2D eigenvalue weighted by Crippen LogP contribution is 2.44. The smallest absolute Gasteiger partial charge is 0.300 e. The van der Waals surface area contributed by atoms with Crippen molar-refractivity contribution in [2.75, 3.05) is 12.0 Å². The van der Waals surface area contributed by atoms with E-state index in [9.17, 15) is 19.1 Å². The molecule has 31 heavy (non-hydrogen) atoms. The number of hydrogen-bond donors (Lipinski definition) is 1. The summed E-state index contributed by atoms with van der Waals surface area (Å²) in [6, 6.07) is 17.4. The Labute approximate surface area is 182 Å². The number of amides is 1. The summed E-state index contributed by atoms with van der Waals surface area (Å²) >= 11 is 5.93. The Balaban J connectivity index is 1.97. The van der Waals surface area contributed by atoms with Crippen LogP contribution in [0.15, 0.2) is 78.4 Å². The number of nitrogens with zero attached hydrogens (tertiary/aromatic N) is 1. The molecule has 0 bridgehead atoms. The van der Waals surface area contributed by atoms with Gasteiger partial charge in [-0.2, -0.15) is 0 Å². The minimum absolute atomic E-state index is 0.0962. The molecule has 0 radical (unpaired) electrons. The van der Waals surface area contributed by atoms with E-state index in [1.807, 2.05) is 0 Å². The summed E-state index contributed by atoms with van der Waals surface area (Å²) in [4.78, 5) is 27.4. The lowest BCUT2D eigenvalue weighted by Crippen LogP contribution is -2.29. The molecule has 0 saturated carbocycles. The van der Waals surface area contributed by atoms with Gasteiger partial charge in [-0.25, -0.2) is 4.39 Å². The van der Waals surface area contributed by atoms with Gasteiger partial charge in [-0.1, -0.05) is 29.8 Å². The minimum atomic E-state index is -0.975. The molecule has 1 heterocycles. The van der Waals surface area contributed by atoms with Crippen molar-refractivity contribution < 1.29 is 23.8 Å². The van der Waals surface area contributed by atoms with E-state index in [1.165, 1.54) is 36.3 Å². The van der Waals surface area contributed by atoms with Crippen molar-refractivity contribution in [3.63, 3.8) is 0 Å². The molecule has 0 aliphatic carbocycles. The second-order valence-corrected chi connectivity index (χ2v) is 7.33. The van der Waals surface area contributed by atoms with E-state index in [2.05, 4.69) is 0 Å². The summed E-state index contributed by atoms with van der Waals surface area (Å²) in [6.45, 7) is 0. The molecular weight excluding hydrogens is 421 g/mol. The molecule has 1 atom stereocenters. The van der Waals surface area contributed by atoms with Gasteiger partial charge in [-0.15, -0.1) is 0 Å². The molecule has 1 aliphatic heterocycles. The molecule has 1 aliphatic rings. The first kappa shape index (κ1) is 20.6. The number of Topliss-reactive ketones (excluding diaryl/α,β-unsaturated/α-hetero) is 1. The molecule has 1 unspecified atom stereocenters. The molecule has 4 rings (SSSR count). The fourth-order valence-electron chi connectivity index (χ4n) is 3.65. The SMILES string of the molecule is COc1ccccc1C1/C(=C(\O)c2ccc(Cl)cc2)C(=O)C(=O)N1c1ccc(F)cc1. The fourth-order valence-corrected chi connectivity index (χ4v) is 3.78. The Morgan fingerprint density at radius 2 is 1.65 bits per heavy atom. The van der Waals surface area contributed by atoms with Crippen LogP contribution in [-0.2, 0) is 9.59 Å². The van der Waals surface area contributed by atoms with E-state index in [4.69, 9.17) is 16.3 Å². The Bertz CT molecular complexity index is 1190. The number of aliphatic hydroxyl groups is 1. The first-order chi connectivity index (χ1) is 14.9. The minimum Gasteiger partial charge on any atom is -0.507 e. The molecule has 1 amide bonds. The van der Waals surface area contributed by atoms with Crippen molar-refractivity contribution in [3.05, 3.63) is 100 Å². The van der Waals surface area contributed by atoms with Gasteiger partial charge in [0.15, 0.2) is 0 Å². The second-order valence-electron chi connectivity index (χ2n) is 6.89. The van der Waals surface area contributed by atoms with Gasteiger partial charge in [0.25, 0.3) is 11.7 Å². The van der Waals surface area contributed by atoms with Crippen LogP contribution in [0.4, 0.5) is 10.1 Å². The van der Waals surface area contributed by atoms with E-state index in [1.54, 1.807) is 48.5 Å². The number of rotatable bonds is 4. The maximum atomic E-state index is 13.5. The first-order valence-corrected chi connectivity index (χ1v) is 9.75. The molecule has 3 aromatic carbocycles. The van der Waals surface area contributed by atoms with E-state index in [0.29, 0.717) is 27.6 Å². The van der Waals surface area contributed by atoms with Gasteiger partial charge in [0.05, 0.1) is 18.7 Å². The number of methoxy groups -OCH3 is 1. The van der Waals surface area contributed by atoms with Crippen molar-refractivity contribution in [1.29, 1.82) is 0 Å². The van der Waals surface area contributed by atoms with Gasteiger partial charge < -0.3 is 9.84 Å². The molecule has 1 fully saturated rings. The van der Waals surface area contributed by atoms with Crippen molar-refractivity contribution >= 4 is 34.7 Å². The number of aliphatic hydroxyl groups excluding tert-OH is 1. The van der Waals surface area contributed by atoms with Crippen LogP contribution in [0.5, 0.6) is 5.75 Å². The Morgan fingerprint density at radius 1 is 1.00 bits per heavy atom. The van der Waals surface area contributed by atoms with Crippen LogP contribution < -0.4 is 9.64 Å². The number of carbonyl (C=O) groups excluding carboxylic acids is 2. The average Bonchev–Trinajstić information content (AvgIpc) is 3.05. The zero-order chi connectivity index (χ0) is 22.1. The normalized spacial score (nSPS) is 17.8. The summed E-state index contributed by atoms with van der Waals surface area (Å²) in [5, 5.41) is 11.5. The van der Waals surface area contributed by atoms with Crippen molar-refractivity contribution in [3.8, 4) is 5.75 Å². The topological polar surface area (TPSA) is 66.8 Å². The molecule has 0 spiro atoms. The quantitative estimate of drug-likeness (QED) is 0.350. The van der Waals surface area contributed by atoms with Gasteiger partial charge in [0.2, 0.25) is 0 Å². The predicted octanol–water partition coefficient (Wildman–Crippen LogP) is 5.11. The zero-order valence-electron chi connectivity index (χ0n) is 16.4. The standard InChI is InChI=1S/C24H17ClFNO4/c1-31-19-5-3-2-4-18(19)21-20(22(28)14-6-8-15(25)9-7-14)23(29)24(30)27(21)17-12-10-16(26)11-13-17/h2-13,21,28H,1H3/b22-20+. The number of ketones is 1. The fraction of sp³-hybridized carbons (Fsp3) is 0.0833. The van der Waals surface area contributed by atoms with Gasteiger partial charge in [-0.05, 0) is 54.6 Å². The van der Waals surface area contributed by atoms with Crippen LogP contribution in [0.25, 0.3) is 5.76 Å². The molecule has 5 nitrogen and oxygen atoms in total. The third kappa shape index (κ3) is 3.66. The highest BCUT2D eigenvalue weighted by atomic mass is 35.5. The summed E-state index contributed by atoms with van der Waals surface area (Å²) < 4.78 is 18.9. The number of carbonyl (C=O) groups is 2. The van der Waals surface area contributed by atoms with E-state index in [0.717, 1.165) is 0 Å². The predicted molar refractivity (Wildman–Crippen MR) is 116 cm³/mol. The second kappa shape index (κ2) is 8.24. The lowest BCUT2D eigenvalue weighted by atomic mass is 9.94. The van der Waals surface area contributed by atoms with Crippen LogP contribution in [0.3, 0.4) is 0 Å². The third-order valence-electron chi connectivity index (χ3n) is 5.10. The van der Waals surface area contributed by atoms with Gasteiger partial charge in [0, 0.05) is 21.8 Å². The molecule has 1 saturated heterocycles. The highest BCUT2D eigenvalue weighted by molar-refractivity contribution is 6.51. The third-order valence-corrected chi connectivity index (χ3v) is 5.35. The van der Waals surface area contributed by atoms with Crippen LogP contribution in [0.2, 0.25) is 5.02 Å². The highest BCUT2D eigenvalue weighted by Gasteiger charge is 2.47. The largest absolute Gasteiger partial charge is 0.507 e. The van der Waals surface area contributed by atoms with Crippen LogP contribution in [0, 0.1) is 5.82 Å². The molecule has 3 aromatic rings. The Morgan fingerprint density at radius 3 is 2.29 bits per heavy atom. The maximum absolute atomic E-state index is 13.5. The van der Waals surface area contributed by atoms with Crippen molar-refractivity contribution in [2.24, 2.45) is 0 Å². The van der Waals surface area contributed by atoms with Crippen molar-refractivity contribution in [1.82, 2.24) is 0 Å². The maximum Gasteiger partial charge on any atom is 0.300 e. The monoisotopic (exact) mass is 437 g/mol. The molecule has 0 aromatic heterocycles. The Hall–Kier alpha value is -3.64. The van der Waals surface area contributed by atoms with Crippen LogP contribution >= 0.6 is 11.6 Å². The molecular formula is C24H17ClFNO4. The lowest BCUT2D eigenvalue weighted by molar-refractivity contribution is -0.132. The number of ether oxygens (including phenoxy) is 1. The summed E-state index contributed by atoms with van der Waals surface area (Å²) in [7, 11) is 1.47. The van der Waals surface area contributed by atoms with Crippen molar-refractivity contribution in [2.45, 2.75) is 6.04 Å². The lowest BCUT2D eigenvalue weighted by Gasteiger charge is -2.26. The summed E-state index contributed by atoms with van der Waals surface area (Å²) in [5.41, 5.74) is 1.06. The first-order valence-electron chi connectivity index (χ1n) is 9.38. The summed E-state index contributed by atoms with van der Waals surface area (Å²) in [6.07, 6.45) is 0. The number of anilines is 1. The van der Waals surface area contributed by atoms with Crippen LogP contribution in [0.1, 0.15) is 17.2 Å². The molecule has 156 valence electrons. The van der Waals surface area contributed by atoms with E-state index >= 15 is 0 Å². The molecule has 7 heteroatoms. The number of halogens is 2. The van der Waals surface area contributed by atoms with E-state index < -0.39 is 23.5 Å². The average molecular weight is 438 g/mol. The number of hydrogen-bond acceptors (Lipinski definition) is 4. The van der Waals surface area contributed by atoms with Gasteiger partial charge in [-0.3, -0.25) is 14.5 Å². The summed E-state index contributed by atoms with van der Waals surface area (Å²) in [5.74, 6) is -2.07. The molecule has 1 N–H and O–H groups in total. The zero-order valence-corrected chi connectivity index (χ0v) is 17.1. The number of para-hydroxylation sites is 1. The number of benzene rings is 3. The van der Waals surface area contributed by atoms with Gasteiger partial charge in [0.1, 0.15) is 17.3 Å². The van der Waals surface area contributed by atoms with Crippen LogP contribution in [-0.4, -0.2) is 23.9 Å².